The summed E-state index contributed by atoms with van der Waals surface area (Å²) in [5, 5.41) is 8.27. The third-order valence-corrected chi connectivity index (χ3v) is 3.40. The van der Waals surface area contributed by atoms with Gasteiger partial charge in [0.05, 0.1) is 0 Å². The summed E-state index contributed by atoms with van der Waals surface area (Å²) in [4.78, 5) is 0. The zero-order chi connectivity index (χ0) is 7.94. The minimum absolute atomic E-state index is 0.132. The summed E-state index contributed by atoms with van der Waals surface area (Å²) in [6.07, 6.45) is 4.05. The summed E-state index contributed by atoms with van der Waals surface area (Å²) in [5.41, 5.74) is 0. The van der Waals surface area contributed by atoms with E-state index in [2.05, 4.69) is 22.5 Å². The van der Waals surface area contributed by atoms with Crippen LogP contribution < -0.4 is 0 Å². The maximum Gasteiger partial charge on any atom is -0.00934 e. The second-order valence-electron chi connectivity index (χ2n) is 1.86. The Kier molecular flexibility index (Phi) is 4.50. The molecule has 0 aliphatic carbocycles. The Morgan fingerprint density at radius 1 is 1.00 bits per heavy atom. The molecule has 1 aromatic heterocycles. The van der Waals surface area contributed by atoms with Crippen molar-refractivity contribution in [2.45, 2.75) is 0 Å². The maximum absolute atomic E-state index is 4.18. The molecule has 0 N–H and O–H groups in total. The molecule has 0 saturated heterocycles. The van der Waals surface area contributed by atoms with Crippen molar-refractivity contribution < 1.29 is 0 Å². The first-order valence-electron chi connectivity index (χ1n) is 3.19. The molecule has 0 saturated carbocycles. The Morgan fingerprint density at radius 3 is 1.73 bits per heavy atom. The van der Waals surface area contributed by atoms with Crippen LogP contribution in [0, 0.1) is 0 Å². The molecule has 2 rings (SSSR count). The van der Waals surface area contributed by atoms with Gasteiger partial charge in [0, 0.05) is 0 Å². The minimum Gasteiger partial charge on any atom is -0.167 e. The molecule has 0 aromatic carbocycles. The van der Waals surface area contributed by atoms with E-state index in [1.54, 1.807) is 11.3 Å². The van der Waals surface area contributed by atoms with Crippen LogP contribution in [0.5, 0.6) is 0 Å². The van der Waals surface area contributed by atoms with E-state index in [0.29, 0.717) is 0 Å². The molecule has 60 valence electrons. The van der Waals surface area contributed by atoms with Crippen LogP contribution in [0.1, 0.15) is 0 Å². The highest BCUT2D eigenvalue weighted by molar-refractivity contribution is 8.80. The van der Waals surface area contributed by atoms with Crippen molar-refractivity contribution in [3.8, 4) is 0 Å². The van der Waals surface area contributed by atoms with Crippen LogP contribution in [-0.4, -0.2) is 0 Å². The van der Waals surface area contributed by atoms with Crippen LogP contribution in [-0.2, 0) is 0 Å². The fourth-order valence-electron chi connectivity index (χ4n) is 0.552. The zero-order valence-corrected chi connectivity index (χ0v) is 8.53. The second kappa shape index (κ2) is 5.52. The Balaban J connectivity index is 0.000000112. The van der Waals surface area contributed by atoms with Gasteiger partial charge in [-0.2, -0.15) is 21.3 Å². The van der Waals surface area contributed by atoms with Crippen molar-refractivity contribution >= 4 is 32.9 Å². The van der Waals surface area contributed by atoms with Gasteiger partial charge in [0.1, 0.15) is 0 Å². The highest BCUT2D eigenvalue weighted by atomic mass is 33.1. The van der Waals surface area contributed by atoms with Crippen molar-refractivity contribution in [3.63, 3.8) is 0 Å². The van der Waals surface area contributed by atoms with Gasteiger partial charge in [-0.3, -0.25) is 0 Å². The van der Waals surface area contributed by atoms with E-state index in [4.69, 9.17) is 0 Å². The highest BCUT2D eigenvalue weighted by Crippen LogP contribution is 2.36. The highest BCUT2D eigenvalue weighted by Gasteiger charge is 1.85. The lowest BCUT2D eigenvalue weighted by atomic mass is 10.6. The Bertz CT molecular complexity index is 194. The van der Waals surface area contributed by atoms with Gasteiger partial charge in [-0.15, -0.1) is 11.7 Å². The van der Waals surface area contributed by atoms with Crippen molar-refractivity contribution in [2.24, 2.45) is 0 Å². The molecule has 11 heavy (non-hydrogen) atoms. The molecular weight excluding hydrogens is 192 g/mol. The predicted molar refractivity (Wildman–Crippen MR) is 60.6 cm³/mol. The lowest BCUT2D eigenvalue weighted by molar-refractivity contribution is 2.03. The third kappa shape index (κ3) is 4.35. The molecule has 0 spiro atoms. The van der Waals surface area contributed by atoms with Crippen LogP contribution >= 0.6 is 32.9 Å². The molecule has 1 aliphatic heterocycles. The topological polar surface area (TPSA) is 0 Å². The molecule has 2 heterocycles. The molecule has 0 fully saturated rings. The van der Waals surface area contributed by atoms with Gasteiger partial charge in [-0.25, -0.2) is 0 Å². The van der Waals surface area contributed by atoms with Crippen LogP contribution in [0.2, 0.25) is 0 Å². The lowest BCUT2D eigenvalue weighted by Gasteiger charge is -1.91. The normalized spacial score (nSPS) is 16.3. The van der Waals surface area contributed by atoms with Crippen LogP contribution in [0.25, 0.3) is 0 Å². The van der Waals surface area contributed by atoms with Crippen molar-refractivity contribution in [1.82, 2.24) is 0 Å². The van der Waals surface area contributed by atoms with Crippen molar-refractivity contribution in [2.75, 3.05) is 0 Å². The zero-order valence-electron chi connectivity index (χ0n) is 5.92. The molecule has 3 heteroatoms. The Hall–Kier alpha value is -0.120. The number of hydrogen-bond donors (Lipinski definition) is 2. The standard InChI is InChI=1S/C4H6S2.C4H4S/c5-6-3-1-2-4-6;1-2-4-5-3-1/h1-6H;1-4H. The molecule has 0 radical (unpaired) electrons. The Labute approximate surface area is 78.8 Å². The Morgan fingerprint density at radius 2 is 1.55 bits per heavy atom. The van der Waals surface area contributed by atoms with Crippen LogP contribution in [0.4, 0.5) is 0 Å². The van der Waals surface area contributed by atoms with Gasteiger partial charge in [0.25, 0.3) is 0 Å². The van der Waals surface area contributed by atoms with E-state index in [1.807, 2.05) is 35.0 Å². The average molecular weight is 202 g/mol. The van der Waals surface area contributed by atoms with E-state index in [0.717, 1.165) is 0 Å². The number of hydrogen-bond acceptors (Lipinski definition) is 2. The number of thiophene rings is 1. The lowest BCUT2D eigenvalue weighted by Crippen LogP contribution is -1.36. The summed E-state index contributed by atoms with van der Waals surface area (Å²) in [6, 6.07) is 4.04. The van der Waals surface area contributed by atoms with E-state index < -0.39 is 0 Å². The summed E-state index contributed by atoms with van der Waals surface area (Å²) in [5.74, 6) is 0. The second-order valence-corrected chi connectivity index (χ2v) is 5.41. The van der Waals surface area contributed by atoms with Crippen molar-refractivity contribution in [3.05, 3.63) is 45.9 Å². The van der Waals surface area contributed by atoms with Crippen LogP contribution in [0.15, 0.2) is 45.9 Å². The largest absolute Gasteiger partial charge is 0.167 e. The number of allylic oxidation sites excluding steroid dienone is 2. The van der Waals surface area contributed by atoms with Gasteiger partial charge in [0.2, 0.25) is 0 Å². The van der Waals surface area contributed by atoms with Gasteiger partial charge < -0.3 is 0 Å². The maximum atomic E-state index is 4.18. The molecule has 0 bridgehead atoms. The fourth-order valence-corrected chi connectivity index (χ4v) is 2.12. The minimum atomic E-state index is -0.132. The average Bonchev–Trinajstić information content (AvgIpc) is 2.57. The summed E-state index contributed by atoms with van der Waals surface area (Å²) in [6.45, 7) is 0. The van der Waals surface area contributed by atoms with E-state index >= 15 is 0 Å². The smallest absolute Gasteiger partial charge is 0.00934 e. The third-order valence-electron chi connectivity index (χ3n) is 1.01. The molecule has 1 aromatic rings. The van der Waals surface area contributed by atoms with Crippen molar-refractivity contribution in [1.29, 1.82) is 0 Å². The van der Waals surface area contributed by atoms with Gasteiger partial charge in [-0.05, 0) is 21.6 Å². The van der Waals surface area contributed by atoms with Gasteiger partial charge in [0.15, 0.2) is 0 Å². The summed E-state index contributed by atoms with van der Waals surface area (Å²) in [7, 11) is -0.132. The quantitative estimate of drug-likeness (QED) is 0.466. The van der Waals surface area contributed by atoms with E-state index in [1.165, 1.54) is 0 Å². The summed E-state index contributed by atoms with van der Waals surface area (Å²) >= 11 is 5.90. The van der Waals surface area contributed by atoms with Gasteiger partial charge in [-0.1, -0.05) is 24.3 Å². The van der Waals surface area contributed by atoms with Crippen LogP contribution in [0.3, 0.4) is 0 Å². The first kappa shape index (κ1) is 8.97. The first-order chi connectivity index (χ1) is 5.39. The predicted octanol–water partition coefficient (Wildman–Crippen LogP) is 3.62. The molecular formula is C8H10S3. The SMILES string of the molecule is S[SH]1C=CC=C1.c1ccsc1. The molecule has 0 amide bonds. The number of thiol groups is 2. The molecule has 0 nitrogen and oxygen atoms in total. The molecule has 1 aliphatic rings. The first-order valence-corrected chi connectivity index (χ1v) is 6.76. The summed E-state index contributed by atoms with van der Waals surface area (Å²) < 4.78 is 0. The molecule has 0 unspecified atom stereocenters. The van der Waals surface area contributed by atoms with E-state index in [9.17, 15) is 0 Å². The molecule has 0 atom stereocenters. The number of rotatable bonds is 0. The monoisotopic (exact) mass is 202 g/mol. The fraction of sp³-hybridized carbons (Fsp3) is 0. The van der Waals surface area contributed by atoms with Gasteiger partial charge >= 0.3 is 0 Å². The van der Waals surface area contributed by atoms with E-state index in [-0.39, 0.29) is 9.93 Å².